The number of hydrogen-bond donors (Lipinski definition) is 0. The predicted molar refractivity (Wildman–Crippen MR) is 141 cm³/mol. The van der Waals surface area contributed by atoms with Crippen molar-refractivity contribution >= 4 is 27.7 Å². The number of methoxy groups -OCH3 is 1. The van der Waals surface area contributed by atoms with Gasteiger partial charge in [-0.1, -0.05) is 24.1 Å². The molecule has 0 atom stereocenters. The summed E-state index contributed by atoms with van der Waals surface area (Å²) < 4.78 is 9.40. The Morgan fingerprint density at radius 1 is 0.917 bits per heavy atom. The second-order valence-electron chi connectivity index (χ2n) is 9.35. The summed E-state index contributed by atoms with van der Waals surface area (Å²) in [4.78, 5) is 9.13. The van der Waals surface area contributed by atoms with Crippen LogP contribution in [0.4, 0.5) is 0 Å². The maximum atomic E-state index is 5.77. The van der Waals surface area contributed by atoms with Crippen molar-refractivity contribution in [3.05, 3.63) is 78.4 Å². The van der Waals surface area contributed by atoms with E-state index in [1.165, 1.54) is 0 Å². The van der Waals surface area contributed by atoms with E-state index in [1.807, 2.05) is 55.8 Å². The summed E-state index contributed by atoms with van der Waals surface area (Å²) in [6.07, 6.45) is 9.48. The summed E-state index contributed by atoms with van der Waals surface area (Å²) in [5.41, 5.74) is 6.59. The molecule has 2 aromatic carbocycles. The Labute approximate surface area is 208 Å². The number of imidazole rings is 1. The Kier molecular flexibility index (Phi) is 4.80. The summed E-state index contributed by atoms with van der Waals surface area (Å²) in [5, 5.41) is 9.87. The topological polar surface area (TPSA) is 70.1 Å². The zero-order chi connectivity index (χ0) is 25.0. The van der Waals surface area contributed by atoms with Gasteiger partial charge in [-0.3, -0.25) is 14.0 Å². The number of terminal acetylenes is 1. The first-order chi connectivity index (χ1) is 17.4. The third kappa shape index (κ3) is 3.23. The van der Waals surface area contributed by atoms with Crippen LogP contribution in [0.2, 0.25) is 0 Å². The first kappa shape index (κ1) is 21.8. The molecule has 0 aliphatic carbocycles. The molecule has 0 aliphatic heterocycles. The lowest BCUT2D eigenvalue weighted by Crippen LogP contribution is -2.13. The van der Waals surface area contributed by atoms with Crippen molar-refractivity contribution in [3.63, 3.8) is 0 Å². The number of hydrogen-bond acceptors (Lipinski definition) is 5. The molecule has 0 unspecified atom stereocenters. The highest BCUT2D eigenvalue weighted by atomic mass is 16.5. The summed E-state index contributed by atoms with van der Waals surface area (Å²) in [7, 11) is 1.61. The predicted octanol–water partition coefficient (Wildman–Crippen LogP) is 5.51. The molecule has 4 aromatic heterocycles. The molecule has 7 heteroatoms. The van der Waals surface area contributed by atoms with Crippen LogP contribution in [0.5, 0.6) is 5.88 Å². The molecule has 6 rings (SSSR count). The van der Waals surface area contributed by atoms with Gasteiger partial charge < -0.3 is 4.74 Å². The summed E-state index contributed by atoms with van der Waals surface area (Å²) in [6.45, 7) is 6.04. The average Bonchev–Trinajstić information content (AvgIpc) is 3.46. The monoisotopic (exact) mass is 472 g/mol. The standard InChI is InChI=1S/C29H24N6O/c1-6-29(3,4)21-9-11-22(12-10-21)35-27-23-15-19(20-8-14-26(36-5)31-16-20)7-13-24(23)30-17-25(27)34-18(2)32-33-28(34)35/h1,7-17H,2-5H3. The quantitative estimate of drug-likeness (QED) is 0.316. The van der Waals surface area contributed by atoms with Crippen molar-refractivity contribution in [2.24, 2.45) is 0 Å². The molecule has 36 heavy (non-hydrogen) atoms. The molecule has 0 aliphatic rings. The molecule has 0 spiro atoms. The van der Waals surface area contributed by atoms with Gasteiger partial charge in [0.2, 0.25) is 11.7 Å². The fourth-order valence-electron chi connectivity index (χ4n) is 4.65. The van der Waals surface area contributed by atoms with Gasteiger partial charge in [0.1, 0.15) is 5.82 Å². The normalized spacial score (nSPS) is 11.9. The lowest BCUT2D eigenvalue weighted by atomic mass is 9.86. The van der Waals surface area contributed by atoms with E-state index in [-0.39, 0.29) is 5.41 Å². The maximum absolute atomic E-state index is 5.77. The van der Waals surface area contributed by atoms with Gasteiger partial charge in [0, 0.05) is 28.9 Å². The number of pyridine rings is 2. The van der Waals surface area contributed by atoms with E-state index in [0.717, 1.165) is 55.9 Å². The van der Waals surface area contributed by atoms with Gasteiger partial charge in [0.05, 0.1) is 35.3 Å². The van der Waals surface area contributed by atoms with E-state index >= 15 is 0 Å². The lowest BCUT2D eigenvalue weighted by Gasteiger charge is -2.18. The van der Waals surface area contributed by atoms with Crippen LogP contribution in [0.15, 0.2) is 67.0 Å². The molecule has 7 nitrogen and oxygen atoms in total. The van der Waals surface area contributed by atoms with Gasteiger partial charge in [-0.05, 0) is 62.2 Å². The third-order valence-electron chi connectivity index (χ3n) is 6.78. The van der Waals surface area contributed by atoms with E-state index in [4.69, 9.17) is 16.1 Å². The molecular formula is C29H24N6O. The molecule has 0 saturated heterocycles. The Morgan fingerprint density at radius 2 is 1.69 bits per heavy atom. The Morgan fingerprint density at radius 3 is 2.39 bits per heavy atom. The van der Waals surface area contributed by atoms with Crippen LogP contribution in [0, 0.1) is 19.3 Å². The van der Waals surface area contributed by atoms with E-state index in [0.29, 0.717) is 5.88 Å². The van der Waals surface area contributed by atoms with Crippen LogP contribution in [-0.4, -0.2) is 36.2 Å². The van der Waals surface area contributed by atoms with Gasteiger partial charge in [0.15, 0.2) is 0 Å². The number of rotatable bonds is 4. The van der Waals surface area contributed by atoms with E-state index in [2.05, 4.69) is 62.1 Å². The van der Waals surface area contributed by atoms with Crippen LogP contribution in [-0.2, 0) is 5.41 Å². The lowest BCUT2D eigenvalue weighted by molar-refractivity contribution is 0.398. The number of ether oxygens (including phenoxy) is 1. The second-order valence-corrected chi connectivity index (χ2v) is 9.35. The number of benzene rings is 2. The number of aryl methyl sites for hydroxylation is 1. The van der Waals surface area contributed by atoms with Crippen LogP contribution >= 0.6 is 0 Å². The van der Waals surface area contributed by atoms with Gasteiger partial charge in [-0.25, -0.2) is 4.98 Å². The fourth-order valence-corrected chi connectivity index (χ4v) is 4.65. The third-order valence-corrected chi connectivity index (χ3v) is 6.78. The van der Waals surface area contributed by atoms with Crippen molar-refractivity contribution in [2.45, 2.75) is 26.2 Å². The van der Waals surface area contributed by atoms with Gasteiger partial charge in [0.25, 0.3) is 0 Å². The van der Waals surface area contributed by atoms with Crippen molar-refractivity contribution in [1.29, 1.82) is 0 Å². The first-order valence-electron chi connectivity index (χ1n) is 11.7. The molecular weight excluding hydrogens is 448 g/mol. The van der Waals surface area contributed by atoms with Gasteiger partial charge in [-0.2, -0.15) is 0 Å². The van der Waals surface area contributed by atoms with E-state index < -0.39 is 0 Å². The average molecular weight is 473 g/mol. The minimum absolute atomic E-state index is 0.351. The van der Waals surface area contributed by atoms with Crippen LogP contribution in [0.1, 0.15) is 25.2 Å². The first-order valence-corrected chi connectivity index (χ1v) is 11.7. The number of aromatic nitrogens is 6. The highest BCUT2D eigenvalue weighted by Gasteiger charge is 2.21. The molecule has 0 N–H and O–H groups in total. The van der Waals surface area contributed by atoms with Crippen molar-refractivity contribution in [3.8, 4) is 35.0 Å². The molecule has 0 amide bonds. The summed E-state index contributed by atoms with van der Waals surface area (Å²) >= 11 is 0. The van der Waals surface area contributed by atoms with Crippen molar-refractivity contribution in [2.75, 3.05) is 7.11 Å². The van der Waals surface area contributed by atoms with Crippen LogP contribution in [0.25, 0.3) is 44.5 Å². The largest absolute Gasteiger partial charge is 0.481 e. The van der Waals surface area contributed by atoms with Crippen LogP contribution in [0.3, 0.4) is 0 Å². The Hall–Kier alpha value is -4.70. The van der Waals surface area contributed by atoms with Crippen molar-refractivity contribution < 1.29 is 4.74 Å². The highest BCUT2D eigenvalue weighted by Crippen LogP contribution is 2.34. The number of fused-ring (bicyclic) bond motifs is 5. The fraction of sp³-hybridized carbons (Fsp3) is 0.172. The Balaban J connectivity index is 1.64. The second kappa shape index (κ2) is 7.92. The smallest absolute Gasteiger partial charge is 0.241 e. The Bertz CT molecular complexity index is 1800. The zero-order valence-electron chi connectivity index (χ0n) is 20.5. The molecule has 6 aromatic rings. The molecule has 4 heterocycles. The van der Waals surface area contributed by atoms with Gasteiger partial charge in [-0.15, -0.1) is 16.6 Å². The molecule has 0 radical (unpaired) electrons. The van der Waals surface area contributed by atoms with E-state index in [9.17, 15) is 0 Å². The molecule has 0 bridgehead atoms. The minimum atomic E-state index is -0.351. The van der Waals surface area contributed by atoms with Gasteiger partial charge >= 0.3 is 0 Å². The minimum Gasteiger partial charge on any atom is -0.481 e. The molecule has 0 saturated carbocycles. The van der Waals surface area contributed by atoms with E-state index in [1.54, 1.807) is 7.11 Å². The van der Waals surface area contributed by atoms with Crippen LogP contribution < -0.4 is 4.74 Å². The summed E-state index contributed by atoms with van der Waals surface area (Å²) in [5.74, 6) is 4.99. The summed E-state index contributed by atoms with van der Waals surface area (Å²) in [6, 6.07) is 18.5. The highest BCUT2D eigenvalue weighted by molar-refractivity contribution is 6.06. The maximum Gasteiger partial charge on any atom is 0.241 e. The molecule has 176 valence electrons. The SMILES string of the molecule is C#CC(C)(C)c1ccc(-n2c3c4cc(-c5ccc(OC)nc5)ccc4ncc3n3c(C)nnc23)cc1. The molecule has 0 fully saturated rings. The number of nitrogens with zero attached hydrogens (tertiary/aromatic N) is 6. The zero-order valence-corrected chi connectivity index (χ0v) is 20.5. The van der Waals surface area contributed by atoms with Crippen molar-refractivity contribution in [1.82, 2.24) is 29.1 Å².